The van der Waals surface area contributed by atoms with Gasteiger partial charge in [0, 0.05) is 19.1 Å². The number of rotatable bonds is 5. The molecular weight excluding hydrogens is 639 g/mol. The van der Waals surface area contributed by atoms with Gasteiger partial charge in [0.2, 0.25) is 5.91 Å². The number of morpholine rings is 1. The molecule has 12 atom stereocenters. The van der Waals surface area contributed by atoms with Crippen LogP contribution >= 0.6 is 7.75 Å². The van der Waals surface area contributed by atoms with Gasteiger partial charge in [0.1, 0.15) is 36.4 Å². The Morgan fingerprint density at radius 3 is 2.40 bits per heavy atom. The average molecular weight is 699 g/mol. The predicted octanol–water partition coefficient (Wildman–Crippen LogP) is 1.59. The summed E-state index contributed by atoms with van der Waals surface area (Å²) in [6.45, 7) is 1.20. The zero-order chi connectivity index (χ0) is 33.5. The van der Waals surface area contributed by atoms with E-state index in [-0.39, 0.29) is 37.6 Å². The van der Waals surface area contributed by atoms with Gasteiger partial charge in [-0.15, -0.1) is 0 Å². The van der Waals surface area contributed by atoms with Gasteiger partial charge >= 0.3 is 7.75 Å². The van der Waals surface area contributed by atoms with E-state index in [1.165, 1.54) is 56.0 Å². The Hall–Kier alpha value is -0.740. The predicted molar refractivity (Wildman–Crippen MR) is 177 cm³/mol. The molecular formula is C33H59N6O8P. The maximum absolute atomic E-state index is 14.9. The van der Waals surface area contributed by atoms with Crippen LogP contribution < -0.4 is 16.4 Å². The molecule has 7 N–H and O–H groups in total. The Morgan fingerprint density at radius 2 is 1.60 bits per heavy atom. The fourth-order valence-electron chi connectivity index (χ4n) is 10.5. The third kappa shape index (κ3) is 6.67. The number of hydrogen-bond acceptors (Lipinski definition) is 11. The highest BCUT2D eigenvalue weighted by Gasteiger charge is 2.69. The molecule has 274 valence electrons. The molecule has 5 saturated heterocycles. The van der Waals surface area contributed by atoms with Crippen molar-refractivity contribution in [2.75, 3.05) is 39.6 Å². The largest absolute Gasteiger partial charge is 0.405 e. The molecule has 7 fully saturated rings. The average Bonchev–Trinajstić information content (AvgIpc) is 3.59. The molecule has 5 aliphatic heterocycles. The second-order valence-corrected chi connectivity index (χ2v) is 17.3. The van der Waals surface area contributed by atoms with Gasteiger partial charge < -0.3 is 29.9 Å². The van der Waals surface area contributed by atoms with Crippen molar-refractivity contribution in [1.82, 2.24) is 25.1 Å². The second kappa shape index (κ2) is 15.1. The van der Waals surface area contributed by atoms with Gasteiger partial charge in [0.05, 0.1) is 32.7 Å². The van der Waals surface area contributed by atoms with E-state index in [1.54, 1.807) is 0 Å². The van der Waals surface area contributed by atoms with Crippen molar-refractivity contribution in [2.45, 2.75) is 145 Å². The van der Waals surface area contributed by atoms with Gasteiger partial charge in [-0.25, -0.2) is 14.1 Å². The van der Waals surface area contributed by atoms with E-state index in [4.69, 9.17) is 19.7 Å². The molecule has 1 amide bonds. The molecule has 2 aliphatic carbocycles. The maximum atomic E-state index is 14.9. The quantitative estimate of drug-likeness (QED) is 0.228. The Balaban J connectivity index is 1.22. The molecule has 5 heterocycles. The Labute approximate surface area is 284 Å². The highest BCUT2D eigenvalue weighted by Crippen LogP contribution is 2.54. The fourth-order valence-corrected chi connectivity index (χ4v) is 11.7. The Morgan fingerprint density at radius 1 is 0.917 bits per heavy atom. The van der Waals surface area contributed by atoms with Crippen molar-refractivity contribution in [3.63, 3.8) is 0 Å². The molecule has 48 heavy (non-hydrogen) atoms. The van der Waals surface area contributed by atoms with E-state index < -0.39 is 50.3 Å². The van der Waals surface area contributed by atoms with Crippen molar-refractivity contribution in [3.05, 3.63) is 0 Å². The van der Waals surface area contributed by atoms with Crippen LogP contribution in [0.25, 0.3) is 0 Å². The van der Waals surface area contributed by atoms with E-state index in [9.17, 15) is 24.5 Å². The molecule has 2 bridgehead atoms. The zero-order valence-electron chi connectivity index (χ0n) is 28.4. The number of carbonyl (C=O) groups excluding carboxylic acids is 1. The number of hydrogen-bond donors (Lipinski definition) is 6. The first-order valence-electron chi connectivity index (χ1n) is 18.9. The normalized spacial score (nSPS) is 45.3. The van der Waals surface area contributed by atoms with Gasteiger partial charge in [-0.1, -0.05) is 64.2 Å². The summed E-state index contributed by atoms with van der Waals surface area (Å²) in [6.07, 6.45) is 11.2. The van der Waals surface area contributed by atoms with Gasteiger partial charge in [0.15, 0.2) is 0 Å². The number of carbonyl (C=O) groups is 1. The summed E-state index contributed by atoms with van der Waals surface area (Å²) in [5, 5.41) is 29.5. The number of aliphatic hydroxyl groups excluding tert-OH is 2. The maximum Gasteiger partial charge on any atom is 0.405 e. The van der Waals surface area contributed by atoms with Crippen molar-refractivity contribution in [1.29, 1.82) is 0 Å². The summed E-state index contributed by atoms with van der Waals surface area (Å²) >= 11 is 0. The van der Waals surface area contributed by atoms with Crippen molar-refractivity contribution < 1.29 is 38.5 Å². The van der Waals surface area contributed by atoms with Crippen LogP contribution in [0.1, 0.15) is 96.3 Å². The van der Waals surface area contributed by atoms with Crippen molar-refractivity contribution in [2.24, 2.45) is 23.5 Å². The summed E-state index contributed by atoms with van der Waals surface area (Å²) in [5.74, 6) is 1.02. The minimum absolute atomic E-state index is 0.0437. The Kier molecular flexibility index (Phi) is 11.2. The summed E-state index contributed by atoms with van der Waals surface area (Å²) in [6, 6.07) is 0.188. The van der Waals surface area contributed by atoms with E-state index in [0.717, 1.165) is 44.9 Å². The molecule has 7 aliphatic rings. The smallest absolute Gasteiger partial charge is 0.387 e. The summed E-state index contributed by atoms with van der Waals surface area (Å²) in [7, 11) is -4.16. The summed E-state index contributed by atoms with van der Waals surface area (Å²) in [5.41, 5.74) is 5.56. The van der Waals surface area contributed by atoms with Crippen LogP contribution in [0.5, 0.6) is 0 Å². The van der Waals surface area contributed by atoms with Crippen LogP contribution in [0.15, 0.2) is 0 Å². The van der Waals surface area contributed by atoms with Crippen molar-refractivity contribution in [3.8, 4) is 0 Å². The summed E-state index contributed by atoms with van der Waals surface area (Å²) < 4.78 is 31.6. The summed E-state index contributed by atoms with van der Waals surface area (Å²) in [4.78, 5) is 30.0. The third-order valence-corrected chi connectivity index (χ3v) is 14.5. The first-order chi connectivity index (χ1) is 23.2. The second-order valence-electron chi connectivity index (χ2n) is 15.5. The first kappa shape index (κ1) is 35.7. The molecule has 0 aromatic carbocycles. The molecule has 8 unspecified atom stereocenters. The van der Waals surface area contributed by atoms with E-state index in [1.807, 2.05) is 4.90 Å². The number of aliphatic hydroxyl groups is 2. The molecule has 15 heteroatoms. The molecule has 2 saturated carbocycles. The molecule has 0 aromatic rings. The SMILES string of the molecule is NC1NC(=O)C23C4CCCCCCCCC4C4CCCCCC(CC4)N2CN([C@@H]2O[C@H](COP(=O)(O)N4CCOCC4)[C@@H](O)[C@H]2O)C3N1. The van der Waals surface area contributed by atoms with E-state index in [2.05, 4.69) is 15.5 Å². The Bertz CT molecular complexity index is 1170. The van der Waals surface area contributed by atoms with Gasteiger partial charge in [-0.2, -0.15) is 0 Å². The first-order valence-corrected chi connectivity index (χ1v) is 20.4. The minimum atomic E-state index is -4.16. The number of nitrogens with one attached hydrogen (secondary N) is 2. The highest BCUT2D eigenvalue weighted by molar-refractivity contribution is 7.50. The number of nitrogens with two attached hydrogens (primary N) is 1. The van der Waals surface area contributed by atoms with Crippen LogP contribution in [-0.2, 0) is 23.4 Å². The van der Waals surface area contributed by atoms with Crippen molar-refractivity contribution >= 4 is 13.7 Å². The van der Waals surface area contributed by atoms with Crippen LogP contribution in [0.4, 0.5) is 0 Å². The number of amides is 1. The highest BCUT2D eigenvalue weighted by atomic mass is 31.2. The van der Waals surface area contributed by atoms with Crippen LogP contribution in [0.3, 0.4) is 0 Å². The lowest BCUT2D eigenvalue weighted by atomic mass is 9.61. The third-order valence-electron chi connectivity index (χ3n) is 12.9. The van der Waals surface area contributed by atoms with E-state index >= 15 is 0 Å². The number of ether oxygens (including phenoxy) is 2. The standard InChI is InChI=1S/C33H59N6O8P/c34-32-35-30-33(31(42)36-32)25-13-9-4-2-1-3-8-12-24(25)22-10-6-5-7-11-23(15-14-22)39(33)21-38(30)29-28(41)27(40)26(47-29)20-46-48(43,44)37-16-18-45-19-17-37/h22-30,32,35,40-41H,1-21,34H2,(H,36,42)(H,43,44)/t22?,23?,24?,25?,26-,27-,28-,29-,30?,32?,33?/m1/s1. The number of nitrogens with zero attached hydrogens (tertiary/aromatic N) is 3. The zero-order valence-corrected chi connectivity index (χ0v) is 29.3. The molecule has 1 spiro atoms. The monoisotopic (exact) mass is 698 g/mol. The molecule has 0 radical (unpaired) electrons. The lowest BCUT2D eigenvalue weighted by molar-refractivity contribution is -0.156. The lowest BCUT2D eigenvalue weighted by Crippen LogP contribution is -2.80. The lowest BCUT2D eigenvalue weighted by Gasteiger charge is -2.56. The van der Waals surface area contributed by atoms with Gasteiger partial charge in [-0.05, 0) is 49.9 Å². The minimum Gasteiger partial charge on any atom is -0.387 e. The number of fused-ring (bicyclic) bond motifs is 6. The van der Waals surface area contributed by atoms with Crippen LogP contribution in [-0.4, -0.2) is 124 Å². The van der Waals surface area contributed by atoms with Gasteiger partial charge in [0.25, 0.3) is 0 Å². The topological polar surface area (TPSA) is 182 Å². The van der Waals surface area contributed by atoms with E-state index in [0.29, 0.717) is 31.7 Å². The fraction of sp³-hybridized carbons (Fsp3) is 0.970. The molecule has 14 nitrogen and oxygen atoms in total. The van der Waals surface area contributed by atoms with Crippen LogP contribution in [0.2, 0.25) is 0 Å². The molecule has 7 rings (SSSR count). The molecule has 0 aromatic heterocycles. The van der Waals surface area contributed by atoms with Crippen LogP contribution in [0, 0.1) is 17.8 Å². The van der Waals surface area contributed by atoms with Gasteiger partial charge in [-0.3, -0.25) is 25.3 Å².